The summed E-state index contributed by atoms with van der Waals surface area (Å²) >= 11 is 0. The van der Waals surface area contributed by atoms with Crippen LogP contribution in [0.4, 0.5) is 0 Å². The predicted molar refractivity (Wildman–Crippen MR) is 79.7 cm³/mol. The van der Waals surface area contributed by atoms with E-state index in [4.69, 9.17) is 5.73 Å². The fourth-order valence-corrected chi connectivity index (χ4v) is 2.38. The molecule has 2 rings (SSSR count). The van der Waals surface area contributed by atoms with E-state index in [9.17, 15) is 4.79 Å². The van der Waals surface area contributed by atoms with E-state index >= 15 is 0 Å². The highest BCUT2D eigenvalue weighted by molar-refractivity contribution is 5.85. The maximum absolute atomic E-state index is 11.7. The van der Waals surface area contributed by atoms with Gasteiger partial charge in [-0.1, -0.05) is 6.42 Å². The number of amides is 1. The minimum atomic E-state index is 0. The number of nitrogens with two attached hydrogens (primary N) is 1. The molecule has 5 nitrogen and oxygen atoms in total. The first-order valence-corrected chi connectivity index (χ1v) is 6.26. The number of rotatable bonds is 5. The van der Waals surface area contributed by atoms with Gasteiger partial charge < -0.3 is 16.0 Å². The summed E-state index contributed by atoms with van der Waals surface area (Å²) in [5.41, 5.74) is 5.94. The van der Waals surface area contributed by atoms with Crippen LogP contribution in [0.25, 0.3) is 0 Å². The van der Waals surface area contributed by atoms with Crippen LogP contribution in [0.15, 0.2) is 12.4 Å². The Balaban J connectivity index is 0.00000162. The number of hydrogen-bond acceptors (Lipinski definition) is 3. The lowest BCUT2D eigenvalue weighted by Gasteiger charge is -2.14. The van der Waals surface area contributed by atoms with E-state index in [-0.39, 0.29) is 36.8 Å². The monoisotopic (exact) mass is 308 g/mol. The third-order valence-electron chi connectivity index (χ3n) is 3.40. The average Bonchev–Trinajstić information content (AvgIpc) is 2.92. The zero-order valence-corrected chi connectivity index (χ0v) is 12.4. The Morgan fingerprint density at radius 1 is 1.47 bits per heavy atom. The van der Waals surface area contributed by atoms with Gasteiger partial charge in [0.15, 0.2) is 0 Å². The Bertz CT molecular complexity index is 359. The van der Waals surface area contributed by atoms with Crippen molar-refractivity contribution >= 4 is 30.7 Å². The van der Waals surface area contributed by atoms with Gasteiger partial charge in [-0.15, -0.1) is 24.8 Å². The number of aromatic amines is 1. The van der Waals surface area contributed by atoms with Gasteiger partial charge in [-0.25, -0.2) is 4.98 Å². The van der Waals surface area contributed by atoms with E-state index < -0.39 is 0 Å². The first-order chi connectivity index (χ1) is 8.25. The first kappa shape index (κ1) is 18.2. The van der Waals surface area contributed by atoms with E-state index in [2.05, 4.69) is 15.3 Å². The van der Waals surface area contributed by atoms with Crippen molar-refractivity contribution < 1.29 is 4.79 Å². The van der Waals surface area contributed by atoms with Crippen LogP contribution in [0.1, 0.15) is 31.5 Å². The lowest BCUT2D eigenvalue weighted by atomic mass is 10.00. The lowest BCUT2D eigenvalue weighted by molar-refractivity contribution is -0.122. The molecule has 0 aliphatic heterocycles. The Hall–Kier alpha value is -0.780. The molecule has 7 heteroatoms. The molecule has 0 spiro atoms. The molecule has 1 amide bonds. The van der Waals surface area contributed by atoms with Gasteiger partial charge in [-0.2, -0.15) is 0 Å². The fraction of sp³-hybridized carbons (Fsp3) is 0.667. The van der Waals surface area contributed by atoms with Gasteiger partial charge in [0.25, 0.3) is 0 Å². The molecular formula is C12H22Cl2N4O. The number of aromatic nitrogens is 2. The van der Waals surface area contributed by atoms with Crippen molar-refractivity contribution in [2.24, 2.45) is 11.7 Å². The number of H-pyrrole nitrogens is 1. The van der Waals surface area contributed by atoms with Crippen molar-refractivity contribution in [2.45, 2.75) is 38.1 Å². The Morgan fingerprint density at radius 3 is 2.84 bits per heavy atom. The lowest BCUT2D eigenvalue weighted by Crippen LogP contribution is -2.32. The second kappa shape index (κ2) is 9.18. The van der Waals surface area contributed by atoms with Gasteiger partial charge in [0.1, 0.15) is 5.82 Å². The maximum Gasteiger partial charge on any atom is 0.220 e. The van der Waals surface area contributed by atoms with Crippen molar-refractivity contribution in [3.63, 3.8) is 0 Å². The highest BCUT2D eigenvalue weighted by Crippen LogP contribution is 2.26. The molecule has 1 aromatic heterocycles. The van der Waals surface area contributed by atoms with E-state index in [1.165, 1.54) is 0 Å². The molecule has 110 valence electrons. The summed E-state index contributed by atoms with van der Waals surface area (Å²) in [6.45, 7) is 0.633. The zero-order chi connectivity index (χ0) is 12.1. The summed E-state index contributed by atoms with van der Waals surface area (Å²) in [5.74, 6) is 1.39. The third kappa shape index (κ3) is 5.80. The molecule has 19 heavy (non-hydrogen) atoms. The van der Waals surface area contributed by atoms with Gasteiger partial charge >= 0.3 is 0 Å². The largest absolute Gasteiger partial charge is 0.356 e. The number of nitrogens with one attached hydrogen (secondary N) is 2. The van der Waals surface area contributed by atoms with Crippen LogP contribution in [0.5, 0.6) is 0 Å². The SMILES string of the molecule is Cl.Cl.N[C@@H]1CCC[C@H]1CC(=O)NCCc1ncc[nH]1. The van der Waals surface area contributed by atoms with Crippen molar-refractivity contribution in [2.75, 3.05) is 6.54 Å². The molecule has 1 aliphatic rings. The van der Waals surface area contributed by atoms with Crippen LogP contribution < -0.4 is 11.1 Å². The Morgan fingerprint density at radius 2 is 2.26 bits per heavy atom. The number of carbonyl (C=O) groups is 1. The second-order valence-electron chi connectivity index (χ2n) is 4.69. The summed E-state index contributed by atoms with van der Waals surface area (Å²) in [4.78, 5) is 18.8. The molecule has 1 heterocycles. The Labute approximate surface area is 125 Å². The maximum atomic E-state index is 11.7. The van der Waals surface area contributed by atoms with E-state index in [0.29, 0.717) is 18.9 Å². The molecule has 4 N–H and O–H groups in total. The molecule has 2 atom stereocenters. The smallest absolute Gasteiger partial charge is 0.220 e. The number of halogens is 2. The Kier molecular flexibility index (Phi) is 8.80. The van der Waals surface area contributed by atoms with Crippen LogP contribution in [-0.2, 0) is 11.2 Å². The highest BCUT2D eigenvalue weighted by Gasteiger charge is 2.25. The topological polar surface area (TPSA) is 83.8 Å². The molecule has 0 unspecified atom stereocenters. The summed E-state index contributed by atoms with van der Waals surface area (Å²) < 4.78 is 0. The van der Waals surface area contributed by atoms with Crippen LogP contribution in [-0.4, -0.2) is 28.5 Å². The minimum Gasteiger partial charge on any atom is -0.356 e. The van der Waals surface area contributed by atoms with E-state index in [1.54, 1.807) is 12.4 Å². The molecule has 0 radical (unpaired) electrons. The van der Waals surface area contributed by atoms with Gasteiger partial charge in [-0.05, 0) is 18.8 Å². The third-order valence-corrected chi connectivity index (χ3v) is 3.40. The summed E-state index contributed by atoms with van der Waals surface area (Å²) in [6, 6.07) is 0.214. The number of hydrogen-bond donors (Lipinski definition) is 3. The van der Waals surface area contributed by atoms with Gasteiger partial charge in [0, 0.05) is 37.8 Å². The molecule has 0 bridgehead atoms. The minimum absolute atomic E-state index is 0. The number of nitrogens with zero attached hydrogens (tertiary/aromatic N) is 1. The van der Waals surface area contributed by atoms with E-state index in [0.717, 1.165) is 31.5 Å². The number of imidazole rings is 1. The molecule has 1 aliphatic carbocycles. The normalized spacial score (nSPS) is 21.3. The summed E-state index contributed by atoms with van der Waals surface area (Å²) in [7, 11) is 0. The molecule has 1 fully saturated rings. The van der Waals surface area contributed by atoms with Crippen LogP contribution in [0.3, 0.4) is 0 Å². The van der Waals surface area contributed by atoms with E-state index in [1.807, 2.05) is 0 Å². The summed E-state index contributed by atoms with van der Waals surface area (Å²) in [6.07, 6.45) is 8.13. The first-order valence-electron chi connectivity index (χ1n) is 6.26. The molecule has 0 saturated heterocycles. The fourth-order valence-electron chi connectivity index (χ4n) is 2.38. The summed E-state index contributed by atoms with van der Waals surface area (Å²) in [5, 5.41) is 2.91. The van der Waals surface area contributed by atoms with Crippen molar-refractivity contribution in [1.29, 1.82) is 0 Å². The van der Waals surface area contributed by atoms with Crippen LogP contribution in [0, 0.1) is 5.92 Å². The average molecular weight is 309 g/mol. The van der Waals surface area contributed by atoms with Crippen LogP contribution in [0.2, 0.25) is 0 Å². The standard InChI is InChI=1S/C12H20N4O.2ClH/c13-10-3-1-2-9(10)8-12(17)16-5-4-11-14-6-7-15-11;;/h6-7,9-10H,1-5,8,13H2,(H,14,15)(H,16,17);2*1H/t9-,10+;;/m0../s1. The molecule has 0 aromatic carbocycles. The van der Waals surface area contributed by atoms with Gasteiger partial charge in [0.2, 0.25) is 5.91 Å². The van der Waals surface area contributed by atoms with Gasteiger partial charge in [0.05, 0.1) is 0 Å². The van der Waals surface area contributed by atoms with Gasteiger partial charge in [-0.3, -0.25) is 4.79 Å². The number of carbonyl (C=O) groups excluding carboxylic acids is 1. The molecular weight excluding hydrogens is 287 g/mol. The highest BCUT2D eigenvalue weighted by atomic mass is 35.5. The zero-order valence-electron chi connectivity index (χ0n) is 10.8. The van der Waals surface area contributed by atoms with Crippen LogP contribution >= 0.6 is 24.8 Å². The van der Waals surface area contributed by atoms with Crippen molar-refractivity contribution in [1.82, 2.24) is 15.3 Å². The molecule has 1 aromatic rings. The van der Waals surface area contributed by atoms with Crippen molar-refractivity contribution in [3.8, 4) is 0 Å². The molecule has 1 saturated carbocycles. The predicted octanol–water partition coefficient (Wildman–Crippen LogP) is 1.43. The second-order valence-corrected chi connectivity index (χ2v) is 4.69. The quantitative estimate of drug-likeness (QED) is 0.769. The van der Waals surface area contributed by atoms with Crippen molar-refractivity contribution in [3.05, 3.63) is 18.2 Å².